The largest absolute Gasteiger partial charge is 0.493 e. The molecule has 5 rings (SSSR count). The standard InChI is InChI=1S/C25H29ClN2O5S/c1-2-22(29)19-6-3-16(19)13-28-14-25(9-10-32-24-11-17(26)4-7-20(24)25)15-33-23-8-5-18(12-21(23)28)34(27,30)31/h2,4-5,7-8,11-12,16,19,22,29H,1,3,6,9-10,13-15H2,(H2,27,30,31)/t16-,19+,22+,25-/m0/s1. The van der Waals surface area contributed by atoms with Gasteiger partial charge in [-0.05, 0) is 61.4 Å². The molecule has 0 bridgehead atoms. The molecular formula is C25H29ClN2O5S. The van der Waals surface area contributed by atoms with Crippen molar-refractivity contribution in [3.8, 4) is 11.5 Å². The van der Waals surface area contributed by atoms with Crippen LogP contribution in [0.3, 0.4) is 0 Å². The third-order valence-corrected chi connectivity index (χ3v) is 8.71. The Morgan fingerprint density at radius 1 is 1.24 bits per heavy atom. The third-order valence-electron chi connectivity index (χ3n) is 7.56. The highest BCUT2D eigenvalue weighted by Crippen LogP contribution is 2.47. The molecule has 1 fully saturated rings. The van der Waals surface area contributed by atoms with Gasteiger partial charge in [0.2, 0.25) is 10.0 Å². The molecule has 3 N–H and O–H groups in total. The lowest BCUT2D eigenvalue weighted by molar-refractivity contribution is 0.0458. The van der Waals surface area contributed by atoms with Crippen LogP contribution in [0, 0.1) is 11.8 Å². The predicted molar refractivity (Wildman–Crippen MR) is 131 cm³/mol. The van der Waals surface area contributed by atoms with Gasteiger partial charge in [0.25, 0.3) is 0 Å². The van der Waals surface area contributed by atoms with Gasteiger partial charge in [-0.3, -0.25) is 0 Å². The minimum Gasteiger partial charge on any atom is -0.493 e. The molecule has 2 aromatic rings. The van der Waals surface area contributed by atoms with Crippen LogP contribution in [0.5, 0.6) is 11.5 Å². The third kappa shape index (κ3) is 4.17. The summed E-state index contributed by atoms with van der Waals surface area (Å²) in [6.07, 6.45) is 3.70. The molecule has 7 nitrogen and oxygen atoms in total. The number of nitrogens with two attached hydrogens (primary N) is 1. The summed E-state index contributed by atoms with van der Waals surface area (Å²) in [7, 11) is -3.88. The van der Waals surface area contributed by atoms with E-state index in [1.165, 1.54) is 6.07 Å². The van der Waals surface area contributed by atoms with Crippen molar-refractivity contribution in [1.82, 2.24) is 0 Å². The van der Waals surface area contributed by atoms with Crippen LogP contribution in [0.2, 0.25) is 5.02 Å². The number of nitrogens with zero attached hydrogens (tertiary/aromatic N) is 1. The minimum absolute atomic E-state index is 0.0474. The van der Waals surface area contributed by atoms with Crippen molar-refractivity contribution in [3.05, 3.63) is 59.6 Å². The highest BCUT2D eigenvalue weighted by molar-refractivity contribution is 7.89. The molecule has 0 amide bonds. The Labute approximate surface area is 205 Å². The van der Waals surface area contributed by atoms with Crippen molar-refractivity contribution >= 4 is 27.3 Å². The number of aliphatic hydroxyl groups excluding tert-OH is 1. The minimum atomic E-state index is -3.88. The molecule has 182 valence electrons. The molecule has 0 aromatic heterocycles. The number of primary sulfonamides is 1. The number of rotatable bonds is 5. The van der Waals surface area contributed by atoms with Crippen molar-refractivity contribution < 1.29 is 23.0 Å². The van der Waals surface area contributed by atoms with Crippen LogP contribution in [0.1, 0.15) is 24.8 Å². The summed E-state index contributed by atoms with van der Waals surface area (Å²) >= 11 is 6.23. The van der Waals surface area contributed by atoms with Crippen molar-refractivity contribution in [3.63, 3.8) is 0 Å². The summed E-state index contributed by atoms with van der Waals surface area (Å²) in [5.74, 6) is 1.75. The van der Waals surface area contributed by atoms with Crippen LogP contribution in [-0.2, 0) is 15.4 Å². The van der Waals surface area contributed by atoms with Crippen LogP contribution >= 0.6 is 11.6 Å². The van der Waals surface area contributed by atoms with Crippen LogP contribution in [0.15, 0.2) is 53.9 Å². The molecule has 2 heterocycles. The highest BCUT2D eigenvalue weighted by Gasteiger charge is 2.45. The molecule has 34 heavy (non-hydrogen) atoms. The Bertz CT molecular complexity index is 1220. The average Bonchev–Trinajstić information content (AvgIpc) is 2.93. The molecule has 4 atom stereocenters. The van der Waals surface area contributed by atoms with Gasteiger partial charge in [-0.1, -0.05) is 23.7 Å². The van der Waals surface area contributed by atoms with Gasteiger partial charge in [0, 0.05) is 23.7 Å². The van der Waals surface area contributed by atoms with Gasteiger partial charge in [0.1, 0.15) is 11.5 Å². The Hall–Kier alpha value is -2.26. The first-order chi connectivity index (χ1) is 16.2. The lowest BCUT2D eigenvalue weighted by Gasteiger charge is -2.45. The van der Waals surface area contributed by atoms with E-state index >= 15 is 0 Å². The monoisotopic (exact) mass is 504 g/mol. The molecule has 0 radical (unpaired) electrons. The number of sulfonamides is 1. The number of halogens is 1. The zero-order valence-corrected chi connectivity index (χ0v) is 20.4. The smallest absolute Gasteiger partial charge is 0.238 e. The number of hydrogen-bond donors (Lipinski definition) is 2. The maximum Gasteiger partial charge on any atom is 0.238 e. The normalized spacial score (nSPS) is 26.9. The number of ether oxygens (including phenoxy) is 2. The Morgan fingerprint density at radius 3 is 2.76 bits per heavy atom. The van der Waals surface area contributed by atoms with Crippen LogP contribution in [0.4, 0.5) is 5.69 Å². The van der Waals surface area contributed by atoms with E-state index in [1.807, 2.05) is 18.2 Å². The molecule has 2 aromatic carbocycles. The van der Waals surface area contributed by atoms with E-state index in [4.69, 9.17) is 26.2 Å². The van der Waals surface area contributed by atoms with E-state index < -0.39 is 16.1 Å². The SMILES string of the molecule is C=C[C@@H](O)[C@@H]1CC[C@H]1CN1C[C@@]2(CCOc3cc(Cl)ccc32)COc2ccc(S(N)(=O)=O)cc21. The maximum atomic E-state index is 12.1. The molecule has 1 spiro atoms. The van der Waals surface area contributed by atoms with Crippen LogP contribution in [-0.4, -0.2) is 45.9 Å². The van der Waals surface area contributed by atoms with E-state index in [-0.39, 0.29) is 22.1 Å². The summed E-state index contributed by atoms with van der Waals surface area (Å²) in [6, 6.07) is 10.5. The predicted octanol–water partition coefficient (Wildman–Crippen LogP) is 3.48. The van der Waals surface area contributed by atoms with Crippen molar-refractivity contribution in [2.75, 3.05) is 31.2 Å². The summed E-state index contributed by atoms with van der Waals surface area (Å²) in [5.41, 5.74) is 1.36. The van der Waals surface area contributed by atoms with E-state index in [9.17, 15) is 13.5 Å². The molecule has 0 saturated heterocycles. The van der Waals surface area contributed by atoms with E-state index in [2.05, 4.69) is 11.5 Å². The number of anilines is 1. The van der Waals surface area contributed by atoms with Gasteiger partial charge >= 0.3 is 0 Å². The van der Waals surface area contributed by atoms with E-state index in [0.29, 0.717) is 42.8 Å². The first-order valence-electron chi connectivity index (χ1n) is 11.5. The van der Waals surface area contributed by atoms with Crippen molar-refractivity contribution in [1.29, 1.82) is 0 Å². The fraction of sp³-hybridized carbons (Fsp3) is 0.440. The second kappa shape index (κ2) is 8.75. The zero-order valence-electron chi connectivity index (χ0n) is 18.8. The first-order valence-corrected chi connectivity index (χ1v) is 13.4. The molecule has 9 heteroatoms. The van der Waals surface area contributed by atoms with Gasteiger partial charge in [-0.2, -0.15) is 0 Å². The quantitative estimate of drug-likeness (QED) is 0.604. The van der Waals surface area contributed by atoms with Gasteiger partial charge < -0.3 is 19.5 Å². The average molecular weight is 505 g/mol. The number of fused-ring (bicyclic) bond motifs is 3. The summed E-state index contributed by atoms with van der Waals surface area (Å²) in [6.45, 7) is 5.97. The first kappa shape index (κ1) is 23.5. The van der Waals surface area contributed by atoms with Crippen LogP contribution < -0.4 is 19.5 Å². The Kier molecular flexibility index (Phi) is 6.04. The second-order valence-electron chi connectivity index (χ2n) is 9.59. The fourth-order valence-corrected chi connectivity index (χ4v) is 6.20. The lowest BCUT2D eigenvalue weighted by Crippen LogP contribution is -2.50. The van der Waals surface area contributed by atoms with Crippen LogP contribution in [0.25, 0.3) is 0 Å². The fourth-order valence-electron chi connectivity index (χ4n) is 5.51. The molecule has 2 aliphatic heterocycles. The van der Waals surface area contributed by atoms with Gasteiger partial charge in [-0.15, -0.1) is 6.58 Å². The van der Waals surface area contributed by atoms with Crippen molar-refractivity contribution in [2.45, 2.75) is 35.7 Å². The van der Waals surface area contributed by atoms with Crippen molar-refractivity contribution in [2.24, 2.45) is 17.0 Å². The van der Waals surface area contributed by atoms with E-state index in [0.717, 1.165) is 30.6 Å². The molecule has 0 unspecified atom stereocenters. The highest BCUT2D eigenvalue weighted by atomic mass is 35.5. The second-order valence-corrected chi connectivity index (χ2v) is 11.6. The summed E-state index contributed by atoms with van der Waals surface area (Å²) in [4.78, 5) is 2.25. The number of hydrogen-bond acceptors (Lipinski definition) is 6. The molecule has 1 saturated carbocycles. The number of benzene rings is 2. The van der Waals surface area contributed by atoms with Gasteiger partial charge in [-0.25, -0.2) is 13.6 Å². The Morgan fingerprint density at radius 2 is 2.06 bits per heavy atom. The molecule has 3 aliphatic rings. The molecular weight excluding hydrogens is 476 g/mol. The summed E-state index contributed by atoms with van der Waals surface area (Å²) < 4.78 is 36.5. The van der Waals surface area contributed by atoms with Gasteiger partial charge in [0.15, 0.2) is 0 Å². The molecule has 1 aliphatic carbocycles. The maximum absolute atomic E-state index is 12.1. The van der Waals surface area contributed by atoms with Gasteiger partial charge in [0.05, 0.1) is 35.3 Å². The van der Waals surface area contributed by atoms with E-state index in [1.54, 1.807) is 18.2 Å². The number of aliphatic hydroxyl groups is 1. The Balaban J connectivity index is 1.57. The topological polar surface area (TPSA) is 102 Å². The summed E-state index contributed by atoms with van der Waals surface area (Å²) in [5, 5.41) is 16.4. The lowest BCUT2D eigenvalue weighted by atomic mass is 9.70. The zero-order chi connectivity index (χ0) is 24.1.